The van der Waals surface area contributed by atoms with E-state index in [0.717, 1.165) is 14.5 Å². The number of carboxylic acid groups (broad SMARTS) is 1. The van der Waals surface area contributed by atoms with Crippen molar-refractivity contribution in [2.45, 2.75) is 6.42 Å². The average molecular weight is 294 g/mol. The van der Waals surface area contributed by atoms with Gasteiger partial charge in [-0.2, -0.15) is 0 Å². The van der Waals surface area contributed by atoms with E-state index in [0.29, 0.717) is 0 Å². The van der Waals surface area contributed by atoms with Crippen LogP contribution in [0.25, 0.3) is 0 Å². The molecule has 2 nitrogen and oxygen atoms in total. The van der Waals surface area contributed by atoms with Crippen LogP contribution in [-0.4, -0.2) is 11.1 Å². The molecule has 1 rings (SSSR count). The third-order valence-corrected chi connectivity index (χ3v) is 2.19. The summed E-state index contributed by atoms with van der Waals surface area (Å²) in [5, 5.41) is 8.52. The number of carboxylic acids is 1. The molecule has 0 saturated heterocycles. The monoisotopic (exact) mass is 292 g/mol. The summed E-state index contributed by atoms with van der Waals surface area (Å²) in [5.41, 5.74) is 0.781. The Labute approximate surface area is 86.9 Å². The summed E-state index contributed by atoms with van der Waals surface area (Å²) in [6, 6.07) is 5.45. The molecule has 1 aromatic rings. The highest BCUT2D eigenvalue weighted by molar-refractivity contribution is 9.11. The number of benzene rings is 1. The molecule has 0 spiro atoms. The molecule has 0 atom stereocenters. The highest BCUT2D eigenvalue weighted by atomic mass is 79.9. The predicted molar refractivity (Wildman–Crippen MR) is 53.2 cm³/mol. The fourth-order valence-corrected chi connectivity index (χ4v) is 2.28. The molecule has 0 heterocycles. The molecular weight excluding hydrogens is 288 g/mol. The first-order valence-electron chi connectivity index (χ1n) is 3.24. The zero-order chi connectivity index (χ0) is 9.14. The van der Waals surface area contributed by atoms with Gasteiger partial charge in [0.2, 0.25) is 0 Å². The Morgan fingerprint density at radius 3 is 2.17 bits per heavy atom. The Hall–Kier alpha value is -0.350. The van der Waals surface area contributed by atoms with Gasteiger partial charge in [0.15, 0.2) is 0 Å². The van der Waals surface area contributed by atoms with Gasteiger partial charge in [0.25, 0.3) is 0 Å². The van der Waals surface area contributed by atoms with Crippen LogP contribution in [0.5, 0.6) is 0 Å². The van der Waals surface area contributed by atoms with Crippen molar-refractivity contribution in [1.29, 1.82) is 0 Å². The molecule has 64 valence electrons. The van der Waals surface area contributed by atoms with Crippen molar-refractivity contribution in [1.82, 2.24) is 0 Å². The maximum absolute atomic E-state index is 10.4. The summed E-state index contributed by atoms with van der Waals surface area (Å²) in [5.74, 6) is -0.819. The summed E-state index contributed by atoms with van der Waals surface area (Å²) >= 11 is 6.56. The average Bonchev–Trinajstić information content (AvgIpc) is 1.81. The van der Waals surface area contributed by atoms with Gasteiger partial charge in [0, 0.05) is 8.95 Å². The molecular formula is C8H6Br2O2. The molecule has 4 heteroatoms. The summed E-state index contributed by atoms with van der Waals surface area (Å²) < 4.78 is 1.77. The lowest BCUT2D eigenvalue weighted by Crippen LogP contribution is -1.99. The summed E-state index contributed by atoms with van der Waals surface area (Å²) in [7, 11) is 0. The number of hydrogen-bond donors (Lipinski definition) is 1. The van der Waals surface area contributed by atoms with Gasteiger partial charge in [-0.05, 0) is 23.8 Å². The second kappa shape index (κ2) is 4.05. The number of carbonyl (C=O) groups is 1. The zero-order valence-electron chi connectivity index (χ0n) is 6.05. The van der Waals surface area contributed by atoms with Crippen LogP contribution in [0, 0.1) is 0 Å². The van der Waals surface area contributed by atoms with E-state index in [2.05, 4.69) is 31.9 Å². The van der Waals surface area contributed by atoms with Gasteiger partial charge >= 0.3 is 5.97 Å². The van der Waals surface area contributed by atoms with Crippen molar-refractivity contribution in [3.05, 3.63) is 32.7 Å². The van der Waals surface area contributed by atoms with Crippen molar-refractivity contribution in [3.8, 4) is 0 Å². The molecule has 0 unspecified atom stereocenters. The molecule has 1 aromatic carbocycles. The van der Waals surface area contributed by atoms with Crippen LogP contribution in [-0.2, 0) is 11.2 Å². The van der Waals surface area contributed by atoms with E-state index in [1.165, 1.54) is 0 Å². The Morgan fingerprint density at radius 1 is 1.25 bits per heavy atom. The minimum Gasteiger partial charge on any atom is -0.481 e. The largest absolute Gasteiger partial charge is 0.481 e. The van der Waals surface area contributed by atoms with E-state index in [1.807, 2.05) is 6.07 Å². The highest BCUT2D eigenvalue weighted by Gasteiger charge is 2.01. The lowest BCUT2D eigenvalue weighted by Gasteiger charge is -1.99. The second-order valence-electron chi connectivity index (χ2n) is 2.35. The lowest BCUT2D eigenvalue weighted by molar-refractivity contribution is -0.136. The second-order valence-corrected chi connectivity index (χ2v) is 4.18. The molecule has 12 heavy (non-hydrogen) atoms. The first-order valence-corrected chi connectivity index (χ1v) is 4.83. The summed E-state index contributed by atoms with van der Waals surface area (Å²) in [4.78, 5) is 10.4. The Morgan fingerprint density at radius 2 is 1.75 bits per heavy atom. The number of aliphatic carboxylic acids is 1. The van der Waals surface area contributed by atoms with E-state index < -0.39 is 5.97 Å². The molecule has 0 aliphatic rings. The zero-order valence-corrected chi connectivity index (χ0v) is 9.22. The Bertz CT molecular complexity index is 290. The van der Waals surface area contributed by atoms with E-state index in [4.69, 9.17) is 5.11 Å². The first-order chi connectivity index (χ1) is 5.58. The third kappa shape index (κ3) is 2.95. The quantitative estimate of drug-likeness (QED) is 0.910. The lowest BCUT2D eigenvalue weighted by atomic mass is 10.2. The van der Waals surface area contributed by atoms with E-state index >= 15 is 0 Å². The number of rotatable bonds is 2. The van der Waals surface area contributed by atoms with Crippen molar-refractivity contribution in [2.24, 2.45) is 0 Å². The minimum absolute atomic E-state index is 0.0536. The van der Waals surface area contributed by atoms with Crippen LogP contribution in [0.2, 0.25) is 0 Å². The highest BCUT2D eigenvalue weighted by Crippen LogP contribution is 2.20. The van der Waals surface area contributed by atoms with Crippen LogP contribution in [0.3, 0.4) is 0 Å². The fourth-order valence-electron chi connectivity index (χ4n) is 0.888. The standard InChI is InChI=1S/C8H6Br2O2/c9-6-1-5(3-8(11)12)2-7(10)4-6/h1-2,4H,3H2,(H,11,12). The van der Waals surface area contributed by atoms with Crippen LogP contribution >= 0.6 is 31.9 Å². The Kier molecular flexibility index (Phi) is 3.29. The number of halogens is 2. The van der Waals surface area contributed by atoms with Gasteiger partial charge < -0.3 is 5.11 Å². The van der Waals surface area contributed by atoms with Crippen LogP contribution in [0.15, 0.2) is 27.1 Å². The smallest absolute Gasteiger partial charge is 0.307 e. The molecule has 0 aromatic heterocycles. The van der Waals surface area contributed by atoms with Crippen molar-refractivity contribution < 1.29 is 9.90 Å². The molecule has 0 aliphatic heterocycles. The Balaban J connectivity index is 2.93. The van der Waals surface area contributed by atoms with Gasteiger partial charge in [0.1, 0.15) is 0 Å². The van der Waals surface area contributed by atoms with E-state index in [1.54, 1.807) is 12.1 Å². The van der Waals surface area contributed by atoms with Crippen LogP contribution in [0.1, 0.15) is 5.56 Å². The van der Waals surface area contributed by atoms with Crippen molar-refractivity contribution >= 4 is 37.8 Å². The van der Waals surface area contributed by atoms with Crippen LogP contribution < -0.4 is 0 Å². The third-order valence-electron chi connectivity index (χ3n) is 1.28. The maximum atomic E-state index is 10.4. The molecule has 0 radical (unpaired) electrons. The van der Waals surface area contributed by atoms with E-state index in [9.17, 15) is 4.79 Å². The summed E-state index contributed by atoms with van der Waals surface area (Å²) in [6.45, 7) is 0. The topological polar surface area (TPSA) is 37.3 Å². The van der Waals surface area contributed by atoms with Gasteiger partial charge in [-0.25, -0.2) is 0 Å². The molecule has 0 aliphatic carbocycles. The van der Waals surface area contributed by atoms with Crippen molar-refractivity contribution in [2.75, 3.05) is 0 Å². The van der Waals surface area contributed by atoms with Gasteiger partial charge in [-0.15, -0.1) is 0 Å². The van der Waals surface area contributed by atoms with Gasteiger partial charge in [0.05, 0.1) is 6.42 Å². The van der Waals surface area contributed by atoms with Gasteiger partial charge in [-0.1, -0.05) is 31.9 Å². The summed E-state index contributed by atoms with van der Waals surface area (Å²) in [6.07, 6.45) is 0.0536. The molecule has 0 amide bonds. The van der Waals surface area contributed by atoms with Crippen LogP contribution in [0.4, 0.5) is 0 Å². The SMILES string of the molecule is O=C(O)Cc1cc(Br)cc(Br)c1. The fraction of sp³-hybridized carbons (Fsp3) is 0.125. The molecule has 0 saturated carbocycles. The first kappa shape index (κ1) is 9.74. The molecule has 0 bridgehead atoms. The molecule has 0 fully saturated rings. The minimum atomic E-state index is -0.819. The predicted octanol–water partition coefficient (Wildman–Crippen LogP) is 2.84. The number of hydrogen-bond acceptors (Lipinski definition) is 1. The van der Waals surface area contributed by atoms with Crippen molar-refractivity contribution in [3.63, 3.8) is 0 Å². The van der Waals surface area contributed by atoms with Gasteiger partial charge in [-0.3, -0.25) is 4.79 Å². The molecule has 1 N–H and O–H groups in total. The maximum Gasteiger partial charge on any atom is 0.307 e. The normalized spacial score (nSPS) is 9.83. The van der Waals surface area contributed by atoms with E-state index in [-0.39, 0.29) is 6.42 Å².